The van der Waals surface area contributed by atoms with E-state index in [9.17, 15) is 0 Å². The van der Waals surface area contributed by atoms with Crippen LogP contribution in [0.1, 0.15) is 24.8 Å². The van der Waals surface area contributed by atoms with E-state index < -0.39 is 0 Å². The van der Waals surface area contributed by atoms with E-state index in [0.717, 1.165) is 18.1 Å². The average molecular weight is 280 g/mol. The van der Waals surface area contributed by atoms with E-state index in [1.165, 1.54) is 43.6 Å². The third kappa shape index (κ3) is 2.73. The summed E-state index contributed by atoms with van der Waals surface area (Å²) in [6, 6.07) is 6.78. The molecule has 1 aromatic rings. The van der Waals surface area contributed by atoms with Crippen molar-refractivity contribution in [1.82, 2.24) is 4.90 Å². The quantitative estimate of drug-likeness (QED) is 0.903. The normalized spacial score (nSPS) is 24.3. The number of halogens is 1. The van der Waals surface area contributed by atoms with Crippen LogP contribution in [0.15, 0.2) is 18.2 Å². The minimum absolute atomic E-state index is 0.581. The third-order valence-electron chi connectivity index (χ3n) is 4.45. The number of hydrogen-bond donors (Lipinski definition) is 1. The van der Waals surface area contributed by atoms with Crippen molar-refractivity contribution < 1.29 is 0 Å². The highest BCUT2D eigenvalue weighted by molar-refractivity contribution is 6.30. The van der Waals surface area contributed by atoms with E-state index in [1.807, 2.05) is 6.07 Å². The first-order valence-electron chi connectivity index (χ1n) is 7.25. The molecular formula is C15H22ClN3. The lowest BCUT2D eigenvalue weighted by Crippen LogP contribution is -2.55. The van der Waals surface area contributed by atoms with Gasteiger partial charge in [0.2, 0.25) is 0 Å². The molecule has 19 heavy (non-hydrogen) atoms. The second-order valence-corrected chi connectivity index (χ2v) is 6.05. The van der Waals surface area contributed by atoms with Gasteiger partial charge < -0.3 is 10.6 Å². The van der Waals surface area contributed by atoms with Crippen LogP contribution >= 0.6 is 11.6 Å². The summed E-state index contributed by atoms with van der Waals surface area (Å²) in [4.78, 5) is 5.12. The number of piperidine rings is 1. The average Bonchev–Trinajstić information content (AvgIpc) is 2.46. The van der Waals surface area contributed by atoms with Gasteiger partial charge in [-0.3, -0.25) is 4.90 Å². The van der Waals surface area contributed by atoms with Gasteiger partial charge in [0.25, 0.3) is 0 Å². The van der Waals surface area contributed by atoms with Gasteiger partial charge in [0.15, 0.2) is 0 Å². The maximum atomic E-state index is 6.15. The first-order chi connectivity index (χ1) is 9.28. The molecule has 2 heterocycles. The zero-order chi connectivity index (χ0) is 13.2. The van der Waals surface area contributed by atoms with Gasteiger partial charge in [0.05, 0.1) is 0 Å². The maximum absolute atomic E-state index is 6.15. The lowest BCUT2D eigenvalue weighted by molar-refractivity contribution is 0.133. The molecule has 104 valence electrons. The van der Waals surface area contributed by atoms with Crippen molar-refractivity contribution in [3.8, 4) is 0 Å². The Morgan fingerprint density at radius 2 is 2.11 bits per heavy atom. The summed E-state index contributed by atoms with van der Waals surface area (Å²) in [5.41, 5.74) is 8.30. The van der Waals surface area contributed by atoms with Crippen molar-refractivity contribution in [2.45, 2.75) is 31.8 Å². The smallest absolute Gasteiger partial charge is 0.0427 e. The number of anilines is 1. The molecule has 2 aliphatic rings. The second-order valence-electron chi connectivity index (χ2n) is 5.61. The first kappa shape index (κ1) is 13.2. The predicted octanol–water partition coefficient (Wildman–Crippen LogP) is 2.47. The second kappa shape index (κ2) is 5.70. The Labute approximate surface area is 120 Å². The Balaban J connectivity index is 1.80. The van der Waals surface area contributed by atoms with Gasteiger partial charge in [-0.05, 0) is 37.1 Å². The van der Waals surface area contributed by atoms with Gasteiger partial charge in [-0.2, -0.15) is 0 Å². The fourth-order valence-corrected chi connectivity index (χ4v) is 3.55. The zero-order valence-corrected chi connectivity index (χ0v) is 12.1. The number of nitrogens with two attached hydrogens (primary N) is 1. The fraction of sp³-hybridized carbons (Fsp3) is 0.600. The molecular weight excluding hydrogens is 258 g/mol. The molecule has 1 aromatic carbocycles. The van der Waals surface area contributed by atoms with E-state index >= 15 is 0 Å². The monoisotopic (exact) mass is 279 g/mol. The van der Waals surface area contributed by atoms with Crippen LogP contribution in [-0.4, -0.2) is 37.1 Å². The number of hydrogen-bond acceptors (Lipinski definition) is 3. The molecule has 2 saturated heterocycles. The number of fused-ring (bicyclic) bond motifs is 1. The van der Waals surface area contributed by atoms with Gasteiger partial charge >= 0.3 is 0 Å². The summed E-state index contributed by atoms with van der Waals surface area (Å²) in [6.45, 7) is 5.23. The molecule has 4 heteroatoms. The Bertz CT molecular complexity index is 449. The topological polar surface area (TPSA) is 32.5 Å². The molecule has 0 radical (unpaired) electrons. The van der Waals surface area contributed by atoms with Crippen LogP contribution in [0, 0.1) is 0 Å². The molecule has 2 N–H and O–H groups in total. The van der Waals surface area contributed by atoms with Crippen molar-refractivity contribution in [3.05, 3.63) is 28.8 Å². The Kier molecular flexibility index (Phi) is 3.96. The molecule has 0 amide bonds. The van der Waals surface area contributed by atoms with E-state index in [2.05, 4.69) is 21.9 Å². The maximum Gasteiger partial charge on any atom is 0.0427 e. The van der Waals surface area contributed by atoms with E-state index in [-0.39, 0.29) is 0 Å². The zero-order valence-electron chi connectivity index (χ0n) is 11.3. The summed E-state index contributed by atoms with van der Waals surface area (Å²) >= 11 is 6.15. The van der Waals surface area contributed by atoms with Crippen LogP contribution in [0.2, 0.25) is 5.02 Å². The summed E-state index contributed by atoms with van der Waals surface area (Å²) in [5, 5.41) is 0.804. The highest BCUT2D eigenvalue weighted by Gasteiger charge is 2.29. The highest BCUT2D eigenvalue weighted by atomic mass is 35.5. The molecule has 0 aromatic heterocycles. The minimum atomic E-state index is 0.581. The number of piperazine rings is 1. The van der Waals surface area contributed by atoms with Crippen LogP contribution in [0.4, 0.5) is 5.69 Å². The molecule has 0 aliphatic carbocycles. The lowest BCUT2D eigenvalue weighted by Gasteiger charge is -2.45. The van der Waals surface area contributed by atoms with Crippen molar-refractivity contribution in [2.75, 3.05) is 31.1 Å². The largest absolute Gasteiger partial charge is 0.368 e. The van der Waals surface area contributed by atoms with Crippen molar-refractivity contribution in [3.63, 3.8) is 0 Å². The highest BCUT2D eigenvalue weighted by Crippen LogP contribution is 2.29. The Morgan fingerprint density at radius 1 is 1.21 bits per heavy atom. The van der Waals surface area contributed by atoms with Crippen molar-refractivity contribution in [1.29, 1.82) is 0 Å². The summed E-state index contributed by atoms with van der Waals surface area (Å²) < 4.78 is 0. The predicted molar refractivity (Wildman–Crippen MR) is 80.8 cm³/mol. The van der Waals surface area contributed by atoms with E-state index in [1.54, 1.807) is 0 Å². The van der Waals surface area contributed by atoms with E-state index in [4.69, 9.17) is 17.3 Å². The molecule has 3 rings (SSSR count). The SMILES string of the molecule is NCc1ccc(Cl)cc1N1CCN2CCCCC2C1. The van der Waals surface area contributed by atoms with Crippen LogP contribution < -0.4 is 10.6 Å². The third-order valence-corrected chi connectivity index (χ3v) is 4.68. The Hall–Kier alpha value is -0.770. The number of benzene rings is 1. The Morgan fingerprint density at radius 3 is 2.95 bits per heavy atom. The molecule has 2 aliphatic heterocycles. The van der Waals surface area contributed by atoms with Crippen LogP contribution in [0.5, 0.6) is 0 Å². The molecule has 0 spiro atoms. The van der Waals surface area contributed by atoms with Crippen molar-refractivity contribution in [2.24, 2.45) is 5.73 Å². The molecule has 0 saturated carbocycles. The van der Waals surface area contributed by atoms with E-state index in [0.29, 0.717) is 12.6 Å². The first-order valence-corrected chi connectivity index (χ1v) is 7.63. The summed E-state index contributed by atoms with van der Waals surface area (Å²) in [6.07, 6.45) is 4.06. The van der Waals surface area contributed by atoms with Crippen LogP contribution in [0.25, 0.3) is 0 Å². The lowest BCUT2D eigenvalue weighted by atomic mass is 9.98. The fourth-order valence-electron chi connectivity index (χ4n) is 3.38. The summed E-state index contributed by atoms with van der Waals surface area (Å²) in [5.74, 6) is 0. The van der Waals surface area contributed by atoms with Gasteiger partial charge in [-0.1, -0.05) is 24.1 Å². The van der Waals surface area contributed by atoms with Gasteiger partial charge in [-0.15, -0.1) is 0 Å². The van der Waals surface area contributed by atoms with Gasteiger partial charge in [0.1, 0.15) is 0 Å². The standard InChI is InChI=1S/C15H22ClN3/c16-13-5-4-12(10-17)15(9-13)19-8-7-18-6-2-1-3-14(18)11-19/h4-5,9,14H,1-3,6-8,10-11,17H2. The van der Waals surface area contributed by atoms with Crippen LogP contribution in [0.3, 0.4) is 0 Å². The molecule has 3 nitrogen and oxygen atoms in total. The van der Waals surface area contributed by atoms with Crippen molar-refractivity contribution >= 4 is 17.3 Å². The molecule has 2 fully saturated rings. The van der Waals surface area contributed by atoms with Crippen LogP contribution in [-0.2, 0) is 6.54 Å². The number of rotatable bonds is 2. The molecule has 0 bridgehead atoms. The minimum Gasteiger partial charge on any atom is -0.368 e. The molecule has 1 unspecified atom stereocenters. The van der Waals surface area contributed by atoms with Gasteiger partial charge in [0, 0.05) is 42.9 Å². The van der Waals surface area contributed by atoms with Gasteiger partial charge in [-0.25, -0.2) is 0 Å². The number of nitrogens with zero attached hydrogens (tertiary/aromatic N) is 2. The summed E-state index contributed by atoms with van der Waals surface area (Å²) in [7, 11) is 0. The molecule has 1 atom stereocenters.